The van der Waals surface area contributed by atoms with Gasteiger partial charge < -0.3 is 5.32 Å². The van der Waals surface area contributed by atoms with Crippen LogP contribution in [0.5, 0.6) is 0 Å². The normalized spacial score (nSPS) is 26.4. The van der Waals surface area contributed by atoms with Gasteiger partial charge in [0.25, 0.3) is 0 Å². The molecular formula is C14H15ClFN. The van der Waals surface area contributed by atoms with Gasteiger partial charge in [-0.05, 0) is 31.5 Å². The Morgan fingerprint density at radius 2 is 2.29 bits per heavy atom. The van der Waals surface area contributed by atoms with Gasteiger partial charge in [0.15, 0.2) is 0 Å². The second-order valence-electron chi connectivity index (χ2n) is 4.63. The molecule has 3 heteroatoms. The van der Waals surface area contributed by atoms with E-state index >= 15 is 0 Å². The lowest BCUT2D eigenvalue weighted by molar-refractivity contribution is 0.625. The molecule has 17 heavy (non-hydrogen) atoms. The third kappa shape index (κ3) is 2.52. The molecular weight excluding hydrogens is 237 g/mol. The zero-order chi connectivity index (χ0) is 12.6. The van der Waals surface area contributed by atoms with Crippen molar-refractivity contribution in [2.24, 2.45) is 5.92 Å². The number of nitrogens with one attached hydrogen (secondary N) is 1. The van der Waals surface area contributed by atoms with Crippen LogP contribution >= 0.6 is 11.6 Å². The molecule has 0 saturated heterocycles. The van der Waals surface area contributed by atoms with Gasteiger partial charge in [-0.3, -0.25) is 0 Å². The summed E-state index contributed by atoms with van der Waals surface area (Å²) in [4.78, 5) is -0.175. The Morgan fingerprint density at radius 3 is 2.82 bits per heavy atom. The number of allylic oxidation sites excluding steroid dienone is 1. The number of anilines is 1. The Balaban J connectivity index is 2.09. The van der Waals surface area contributed by atoms with Crippen LogP contribution in [0.3, 0.4) is 0 Å². The standard InChI is InChI=1S/C14H15ClFN/c1-4-10-7-11(5-6-13(10)16)17-9(2)12-8-14(12,3)15/h4-7,12,17H,1-2,8H2,3H3. The van der Waals surface area contributed by atoms with Crippen molar-refractivity contribution in [3.63, 3.8) is 0 Å². The van der Waals surface area contributed by atoms with E-state index in [1.165, 1.54) is 12.1 Å². The second-order valence-corrected chi connectivity index (χ2v) is 5.49. The molecule has 1 aromatic carbocycles. The van der Waals surface area contributed by atoms with E-state index in [1.807, 2.05) is 6.92 Å². The summed E-state index contributed by atoms with van der Waals surface area (Å²) >= 11 is 6.18. The molecule has 1 aliphatic rings. The van der Waals surface area contributed by atoms with Crippen LogP contribution in [0.2, 0.25) is 0 Å². The molecule has 2 rings (SSSR count). The van der Waals surface area contributed by atoms with E-state index in [-0.39, 0.29) is 16.6 Å². The highest BCUT2D eigenvalue weighted by Crippen LogP contribution is 2.52. The summed E-state index contributed by atoms with van der Waals surface area (Å²) in [5.41, 5.74) is 2.17. The lowest BCUT2D eigenvalue weighted by Crippen LogP contribution is -2.05. The molecule has 1 aliphatic carbocycles. The average Bonchev–Trinajstić information content (AvgIpc) is 2.91. The van der Waals surface area contributed by atoms with Crippen molar-refractivity contribution in [2.75, 3.05) is 5.32 Å². The molecule has 1 fully saturated rings. The van der Waals surface area contributed by atoms with Gasteiger partial charge in [-0.1, -0.05) is 19.2 Å². The molecule has 0 aliphatic heterocycles. The maximum atomic E-state index is 13.3. The van der Waals surface area contributed by atoms with Crippen molar-refractivity contribution >= 4 is 23.4 Å². The van der Waals surface area contributed by atoms with Crippen molar-refractivity contribution in [3.05, 3.63) is 48.4 Å². The van der Waals surface area contributed by atoms with E-state index in [4.69, 9.17) is 11.6 Å². The molecule has 1 N–H and O–H groups in total. The average molecular weight is 252 g/mol. The zero-order valence-corrected chi connectivity index (χ0v) is 10.5. The Morgan fingerprint density at radius 1 is 1.65 bits per heavy atom. The van der Waals surface area contributed by atoms with Crippen LogP contribution in [0.4, 0.5) is 10.1 Å². The monoisotopic (exact) mass is 251 g/mol. The molecule has 0 radical (unpaired) electrons. The van der Waals surface area contributed by atoms with E-state index in [1.54, 1.807) is 12.1 Å². The van der Waals surface area contributed by atoms with Crippen LogP contribution in [0.25, 0.3) is 6.08 Å². The van der Waals surface area contributed by atoms with Crippen molar-refractivity contribution in [1.29, 1.82) is 0 Å². The predicted octanol–water partition coefficient (Wildman–Crippen LogP) is 4.41. The molecule has 1 aromatic rings. The first-order chi connectivity index (χ1) is 7.94. The summed E-state index contributed by atoms with van der Waals surface area (Å²) in [7, 11) is 0. The third-order valence-corrected chi connectivity index (χ3v) is 3.53. The first kappa shape index (κ1) is 12.2. The van der Waals surface area contributed by atoms with Crippen LogP contribution < -0.4 is 5.32 Å². The number of hydrogen-bond acceptors (Lipinski definition) is 1. The minimum atomic E-state index is -0.273. The van der Waals surface area contributed by atoms with Crippen molar-refractivity contribution in [3.8, 4) is 0 Å². The van der Waals surface area contributed by atoms with Crippen LogP contribution in [0, 0.1) is 11.7 Å². The van der Waals surface area contributed by atoms with Crippen LogP contribution in [0.1, 0.15) is 18.9 Å². The first-order valence-electron chi connectivity index (χ1n) is 5.51. The fourth-order valence-electron chi connectivity index (χ4n) is 1.88. The highest BCUT2D eigenvalue weighted by Gasteiger charge is 2.50. The third-order valence-electron chi connectivity index (χ3n) is 3.11. The van der Waals surface area contributed by atoms with Gasteiger partial charge in [-0.2, -0.15) is 0 Å². The Labute approximate surface area is 106 Å². The van der Waals surface area contributed by atoms with E-state index in [0.717, 1.165) is 17.8 Å². The van der Waals surface area contributed by atoms with Crippen molar-refractivity contribution in [2.45, 2.75) is 18.2 Å². The smallest absolute Gasteiger partial charge is 0.130 e. The van der Waals surface area contributed by atoms with Crippen LogP contribution in [0.15, 0.2) is 37.1 Å². The van der Waals surface area contributed by atoms with Crippen LogP contribution in [-0.4, -0.2) is 4.87 Å². The van der Waals surface area contributed by atoms with Gasteiger partial charge >= 0.3 is 0 Å². The number of rotatable bonds is 4. The second kappa shape index (κ2) is 4.19. The molecule has 1 saturated carbocycles. The molecule has 0 amide bonds. The quantitative estimate of drug-likeness (QED) is 0.782. The van der Waals surface area contributed by atoms with E-state index in [2.05, 4.69) is 18.5 Å². The zero-order valence-electron chi connectivity index (χ0n) is 9.76. The lowest BCUT2D eigenvalue weighted by atomic mass is 10.1. The summed E-state index contributed by atoms with van der Waals surface area (Å²) in [6.07, 6.45) is 2.42. The summed E-state index contributed by atoms with van der Waals surface area (Å²) in [5, 5.41) is 3.17. The summed E-state index contributed by atoms with van der Waals surface area (Å²) in [6.45, 7) is 9.53. The number of alkyl halides is 1. The highest BCUT2D eigenvalue weighted by molar-refractivity contribution is 6.26. The molecule has 1 nitrogen and oxygen atoms in total. The summed E-state index contributed by atoms with van der Waals surface area (Å²) in [5.74, 6) is 0.00571. The fraction of sp³-hybridized carbons (Fsp3) is 0.286. The Bertz CT molecular complexity index is 479. The minimum Gasteiger partial charge on any atom is -0.359 e. The Hall–Kier alpha value is -1.28. The van der Waals surface area contributed by atoms with Gasteiger partial charge in [0.2, 0.25) is 0 Å². The maximum Gasteiger partial charge on any atom is 0.130 e. The molecule has 0 bridgehead atoms. The molecule has 0 aromatic heterocycles. The SMILES string of the molecule is C=Cc1cc(NC(=C)C2CC2(C)Cl)ccc1F. The summed E-state index contributed by atoms with van der Waals surface area (Å²) in [6, 6.07) is 4.81. The van der Waals surface area contributed by atoms with Gasteiger partial charge in [-0.15, -0.1) is 11.6 Å². The van der Waals surface area contributed by atoms with Gasteiger partial charge in [0, 0.05) is 22.9 Å². The molecule has 0 heterocycles. The summed E-state index contributed by atoms with van der Waals surface area (Å²) < 4.78 is 13.3. The van der Waals surface area contributed by atoms with Crippen molar-refractivity contribution < 1.29 is 4.39 Å². The molecule has 2 unspecified atom stereocenters. The van der Waals surface area contributed by atoms with E-state index in [0.29, 0.717) is 5.56 Å². The van der Waals surface area contributed by atoms with Gasteiger partial charge in [-0.25, -0.2) is 4.39 Å². The highest BCUT2D eigenvalue weighted by atomic mass is 35.5. The first-order valence-corrected chi connectivity index (χ1v) is 5.88. The molecule has 2 atom stereocenters. The van der Waals surface area contributed by atoms with Gasteiger partial charge in [0.05, 0.1) is 4.87 Å². The minimum absolute atomic E-state index is 0.175. The topological polar surface area (TPSA) is 12.0 Å². The number of hydrogen-bond donors (Lipinski definition) is 1. The molecule has 90 valence electrons. The largest absolute Gasteiger partial charge is 0.359 e. The molecule has 0 spiro atoms. The van der Waals surface area contributed by atoms with Gasteiger partial charge in [0.1, 0.15) is 5.82 Å². The Kier molecular flexibility index (Phi) is 3.00. The number of benzene rings is 1. The predicted molar refractivity (Wildman–Crippen MR) is 71.6 cm³/mol. The van der Waals surface area contributed by atoms with E-state index < -0.39 is 0 Å². The maximum absolute atomic E-state index is 13.3. The van der Waals surface area contributed by atoms with E-state index in [9.17, 15) is 4.39 Å². The number of halogens is 2. The van der Waals surface area contributed by atoms with Crippen molar-refractivity contribution in [1.82, 2.24) is 0 Å². The fourth-order valence-corrected chi connectivity index (χ4v) is 2.16. The lowest BCUT2D eigenvalue weighted by Gasteiger charge is -2.11. The van der Waals surface area contributed by atoms with Crippen LogP contribution in [-0.2, 0) is 0 Å².